The minimum Gasteiger partial charge on any atom is -0.472 e. The lowest BCUT2D eigenvalue weighted by atomic mass is 10.2. The number of aromatic nitrogens is 3. The van der Waals surface area contributed by atoms with Crippen LogP contribution >= 0.6 is 11.6 Å². The molecule has 3 aromatic rings. The van der Waals surface area contributed by atoms with Gasteiger partial charge in [-0.1, -0.05) is 25.4 Å². The van der Waals surface area contributed by atoms with E-state index in [-0.39, 0.29) is 11.7 Å². The van der Waals surface area contributed by atoms with Crippen molar-refractivity contribution >= 4 is 28.2 Å². The molecule has 132 valence electrons. The second-order valence-corrected chi connectivity index (χ2v) is 6.37. The molecule has 0 spiro atoms. The maximum atomic E-state index is 12.7. The number of fused-ring (bicyclic) bond motifs is 2. The lowest BCUT2D eigenvalue weighted by Crippen LogP contribution is -2.34. The van der Waals surface area contributed by atoms with Crippen molar-refractivity contribution < 1.29 is 4.74 Å². The molecule has 0 bridgehead atoms. The van der Waals surface area contributed by atoms with Crippen LogP contribution in [0.3, 0.4) is 0 Å². The van der Waals surface area contributed by atoms with Gasteiger partial charge in [0, 0.05) is 17.6 Å². The molecule has 0 saturated carbocycles. The highest BCUT2D eigenvalue weighted by Gasteiger charge is 2.12. The first kappa shape index (κ1) is 17.6. The zero-order chi connectivity index (χ0) is 18.0. The first-order valence-electron chi connectivity index (χ1n) is 8.40. The molecule has 6 nitrogen and oxygen atoms in total. The van der Waals surface area contributed by atoms with Crippen molar-refractivity contribution in [1.29, 1.82) is 0 Å². The molecule has 0 aliphatic carbocycles. The predicted molar refractivity (Wildman–Crippen MR) is 99.7 cm³/mol. The van der Waals surface area contributed by atoms with E-state index in [4.69, 9.17) is 16.3 Å². The van der Waals surface area contributed by atoms with Crippen LogP contribution in [-0.4, -0.2) is 45.2 Å². The van der Waals surface area contributed by atoms with E-state index >= 15 is 0 Å². The summed E-state index contributed by atoms with van der Waals surface area (Å²) in [5.41, 5.74) is 0.813. The molecule has 0 amide bonds. The van der Waals surface area contributed by atoms with Crippen LogP contribution in [0.25, 0.3) is 16.6 Å². The first-order valence-corrected chi connectivity index (χ1v) is 8.78. The number of likely N-dealkylation sites (N-methyl/N-ethyl adjacent to an activating group) is 1. The summed E-state index contributed by atoms with van der Waals surface area (Å²) >= 11 is 5.99. The second kappa shape index (κ2) is 7.37. The van der Waals surface area contributed by atoms with E-state index in [9.17, 15) is 4.79 Å². The summed E-state index contributed by atoms with van der Waals surface area (Å²) in [6, 6.07) is 8.53. The molecule has 0 N–H and O–H groups in total. The van der Waals surface area contributed by atoms with Crippen LogP contribution in [0.15, 0.2) is 35.1 Å². The topological polar surface area (TPSA) is 59.7 Å². The molecule has 1 atom stereocenters. The van der Waals surface area contributed by atoms with E-state index in [0.717, 1.165) is 19.6 Å². The monoisotopic (exact) mass is 360 g/mol. The molecule has 0 aliphatic rings. The summed E-state index contributed by atoms with van der Waals surface area (Å²) in [6.45, 7) is 8.95. The van der Waals surface area contributed by atoms with Crippen molar-refractivity contribution in [1.82, 2.24) is 19.5 Å². The van der Waals surface area contributed by atoms with Gasteiger partial charge in [0.1, 0.15) is 6.10 Å². The lowest BCUT2D eigenvalue weighted by molar-refractivity contribution is 0.146. The molecule has 0 aliphatic heterocycles. The van der Waals surface area contributed by atoms with Crippen molar-refractivity contribution in [3.05, 3.63) is 45.7 Å². The van der Waals surface area contributed by atoms with E-state index in [1.807, 2.05) is 6.92 Å². The van der Waals surface area contributed by atoms with Crippen molar-refractivity contribution in [3.8, 4) is 5.88 Å². The molecule has 0 fully saturated rings. The third kappa shape index (κ3) is 3.75. The molecule has 7 heteroatoms. The maximum absolute atomic E-state index is 12.7. The summed E-state index contributed by atoms with van der Waals surface area (Å²) < 4.78 is 7.14. The van der Waals surface area contributed by atoms with Gasteiger partial charge in [0.2, 0.25) is 5.88 Å². The fraction of sp³-hybridized carbons (Fsp3) is 0.389. The van der Waals surface area contributed by atoms with Crippen molar-refractivity contribution in [2.24, 2.45) is 0 Å². The van der Waals surface area contributed by atoms with Gasteiger partial charge in [-0.25, -0.2) is 4.98 Å². The number of ether oxygens (including phenoxy) is 1. The fourth-order valence-corrected chi connectivity index (χ4v) is 2.97. The zero-order valence-electron chi connectivity index (χ0n) is 14.6. The molecular weight excluding hydrogens is 340 g/mol. The highest BCUT2D eigenvalue weighted by Crippen LogP contribution is 2.16. The molecule has 1 aromatic carbocycles. The molecule has 0 radical (unpaired) electrons. The standard InChI is InChI=1S/C18H21ClN4O2/c1-4-22(5-2)11-12(3)25-17-9-8-16-20-15-7-6-13(19)10-14(15)18(24)23(16)21-17/h6-10,12H,4-5,11H2,1-3H3. The number of benzene rings is 1. The quantitative estimate of drug-likeness (QED) is 0.632. The second-order valence-electron chi connectivity index (χ2n) is 5.93. The van der Waals surface area contributed by atoms with Gasteiger partial charge in [-0.3, -0.25) is 4.79 Å². The van der Waals surface area contributed by atoms with Crippen LogP contribution in [0, 0.1) is 0 Å². The average molecular weight is 361 g/mol. The minimum absolute atomic E-state index is 0.0385. The van der Waals surface area contributed by atoms with Crippen molar-refractivity contribution in [2.75, 3.05) is 19.6 Å². The summed E-state index contributed by atoms with van der Waals surface area (Å²) in [5, 5.41) is 5.24. The predicted octanol–water partition coefficient (Wildman–Crippen LogP) is 3.01. The van der Waals surface area contributed by atoms with Gasteiger partial charge in [0.25, 0.3) is 5.56 Å². The number of rotatable bonds is 6. The van der Waals surface area contributed by atoms with Gasteiger partial charge < -0.3 is 9.64 Å². The van der Waals surface area contributed by atoms with Crippen molar-refractivity contribution in [2.45, 2.75) is 26.9 Å². The Morgan fingerprint density at radius 2 is 2.00 bits per heavy atom. The average Bonchev–Trinajstić information content (AvgIpc) is 2.61. The lowest BCUT2D eigenvalue weighted by Gasteiger charge is -2.23. The molecule has 2 heterocycles. The Morgan fingerprint density at radius 3 is 2.72 bits per heavy atom. The highest BCUT2D eigenvalue weighted by molar-refractivity contribution is 6.31. The molecule has 0 saturated heterocycles. The molecule has 1 unspecified atom stereocenters. The van der Waals surface area contributed by atoms with Crippen LogP contribution in [0.4, 0.5) is 0 Å². The number of nitrogens with zero attached hydrogens (tertiary/aromatic N) is 4. The van der Waals surface area contributed by atoms with E-state index in [0.29, 0.717) is 27.5 Å². The van der Waals surface area contributed by atoms with Gasteiger partial charge in [-0.05, 0) is 44.3 Å². The number of hydrogen-bond acceptors (Lipinski definition) is 5. The fourth-order valence-electron chi connectivity index (χ4n) is 2.80. The Bertz CT molecular complexity index is 953. The third-order valence-corrected chi connectivity index (χ3v) is 4.37. The zero-order valence-corrected chi connectivity index (χ0v) is 15.3. The maximum Gasteiger partial charge on any atom is 0.282 e. The summed E-state index contributed by atoms with van der Waals surface area (Å²) in [7, 11) is 0. The Balaban J connectivity index is 1.95. The molecule has 2 aromatic heterocycles. The van der Waals surface area contributed by atoms with Crippen LogP contribution in [0.2, 0.25) is 5.02 Å². The SMILES string of the molecule is CCN(CC)CC(C)Oc1ccc2nc3ccc(Cl)cc3c(=O)n2n1. The van der Waals surface area contributed by atoms with Crippen LogP contribution < -0.4 is 10.3 Å². The first-order chi connectivity index (χ1) is 12.0. The number of hydrogen-bond donors (Lipinski definition) is 0. The Hall–Kier alpha value is -2.18. The third-order valence-electron chi connectivity index (χ3n) is 4.14. The summed E-state index contributed by atoms with van der Waals surface area (Å²) in [4.78, 5) is 19.4. The highest BCUT2D eigenvalue weighted by atomic mass is 35.5. The molecule has 3 rings (SSSR count). The van der Waals surface area contributed by atoms with Gasteiger partial charge in [-0.2, -0.15) is 4.52 Å². The van der Waals surface area contributed by atoms with Gasteiger partial charge >= 0.3 is 0 Å². The Morgan fingerprint density at radius 1 is 1.24 bits per heavy atom. The van der Waals surface area contributed by atoms with Crippen LogP contribution in [-0.2, 0) is 0 Å². The Labute approximate surface area is 151 Å². The Kier molecular flexibility index (Phi) is 5.20. The van der Waals surface area contributed by atoms with E-state index < -0.39 is 0 Å². The largest absolute Gasteiger partial charge is 0.472 e. The normalized spacial score (nSPS) is 12.8. The van der Waals surface area contributed by atoms with Crippen molar-refractivity contribution in [3.63, 3.8) is 0 Å². The smallest absolute Gasteiger partial charge is 0.282 e. The van der Waals surface area contributed by atoms with E-state index in [1.165, 1.54) is 4.52 Å². The summed E-state index contributed by atoms with van der Waals surface area (Å²) in [5.74, 6) is 0.400. The van der Waals surface area contributed by atoms with Gasteiger partial charge in [-0.15, -0.1) is 5.10 Å². The van der Waals surface area contributed by atoms with Gasteiger partial charge in [0.05, 0.1) is 10.9 Å². The molecule has 25 heavy (non-hydrogen) atoms. The van der Waals surface area contributed by atoms with Crippen LogP contribution in [0.1, 0.15) is 20.8 Å². The van der Waals surface area contributed by atoms with Gasteiger partial charge in [0.15, 0.2) is 5.65 Å². The summed E-state index contributed by atoms with van der Waals surface area (Å²) in [6.07, 6.45) is -0.0385. The molecular formula is C18H21ClN4O2. The van der Waals surface area contributed by atoms with E-state index in [1.54, 1.807) is 30.3 Å². The van der Waals surface area contributed by atoms with Crippen LogP contribution in [0.5, 0.6) is 5.88 Å². The number of halogens is 1. The van der Waals surface area contributed by atoms with E-state index in [2.05, 4.69) is 28.8 Å². The minimum atomic E-state index is -0.260.